The second kappa shape index (κ2) is 5.16. The Morgan fingerprint density at radius 1 is 1.10 bits per heavy atom. The van der Waals surface area contributed by atoms with E-state index in [4.69, 9.17) is 11.6 Å². The molecule has 2 aromatic carbocycles. The van der Waals surface area contributed by atoms with Crippen LogP contribution >= 0.6 is 27.5 Å². The van der Waals surface area contributed by atoms with Crippen LogP contribution in [-0.4, -0.2) is 21.8 Å². The first-order valence-corrected chi connectivity index (χ1v) is 7.28. The van der Waals surface area contributed by atoms with E-state index >= 15 is 0 Å². The SMILES string of the molecule is O=C1c2ccccc2C(=O)N1Cc1cc(Cl)c(O)c(Br)c1. The van der Waals surface area contributed by atoms with Crippen molar-refractivity contribution in [3.8, 4) is 5.75 Å². The molecule has 0 bridgehead atoms. The Morgan fingerprint density at radius 3 is 2.19 bits per heavy atom. The number of benzene rings is 2. The van der Waals surface area contributed by atoms with Crippen molar-refractivity contribution in [3.63, 3.8) is 0 Å². The summed E-state index contributed by atoms with van der Waals surface area (Å²) in [5, 5.41) is 9.77. The second-order valence-electron chi connectivity index (χ2n) is 4.65. The van der Waals surface area contributed by atoms with Gasteiger partial charge < -0.3 is 5.11 Å². The van der Waals surface area contributed by atoms with Gasteiger partial charge in [0.25, 0.3) is 11.8 Å². The second-order valence-corrected chi connectivity index (χ2v) is 5.91. The summed E-state index contributed by atoms with van der Waals surface area (Å²) in [7, 11) is 0. The van der Waals surface area contributed by atoms with Crippen LogP contribution in [0.4, 0.5) is 0 Å². The highest BCUT2D eigenvalue weighted by molar-refractivity contribution is 9.10. The number of fused-ring (bicyclic) bond motifs is 1. The maximum atomic E-state index is 12.3. The number of rotatable bonds is 2. The van der Waals surface area contributed by atoms with Crippen molar-refractivity contribution in [2.45, 2.75) is 6.54 Å². The van der Waals surface area contributed by atoms with E-state index in [1.807, 2.05) is 0 Å². The Kier molecular flexibility index (Phi) is 3.47. The molecule has 0 spiro atoms. The Balaban J connectivity index is 1.94. The molecule has 0 atom stereocenters. The molecule has 0 unspecified atom stereocenters. The summed E-state index contributed by atoms with van der Waals surface area (Å²) < 4.78 is 0.418. The maximum Gasteiger partial charge on any atom is 0.261 e. The molecule has 0 saturated heterocycles. The van der Waals surface area contributed by atoms with Crippen molar-refractivity contribution < 1.29 is 14.7 Å². The molecule has 3 rings (SSSR count). The predicted molar refractivity (Wildman–Crippen MR) is 81.5 cm³/mol. The Bertz CT molecular complexity index is 717. The van der Waals surface area contributed by atoms with Crippen LogP contribution in [0.5, 0.6) is 5.75 Å². The van der Waals surface area contributed by atoms with Crippen LogP contribution in [0.25, 0.3) is 0 Å². The molecule has 0 radical (unpaired) electrons. The molecule has 0 saturated carbocycles. The molecule has 21 heavy (non-hydrogen) atoms. The first-order chi connectivity index (χ1) is 9.99. The number of amides is 2. The number of halogens is 2. The normalized spacial score (nSPS) is 13.7. The lowest BCUT2D eigenvalue weighted by atomic mass is 10.1. The summed E-state index contributed by atoms with van der Waals surface area (Å²) in [6.45, 7) is 0.102. The summed E-state index contributed by atoms with van der Waals surface area (Å²) in [6, 6.07) is 9.88. The van der Waals surface area contributed by atoms with E-state index in [1.54, 1.807) is 30.3 Å². The van der Waals surface area contributed by atoms with Gasteiger partial charge in [0.1, 0.15) is 5.75 Å². The topological polar surface area (TPSA) is 57.6 Å². The van der Waals surface area contributed by atoms with Crippen LogP contribution in [0, 0.1) is 0 Å². The van der Waals surface area contributed by atoms with Crippen molar-refractivity contribution in [1.29, 1.82) is 0 Å². The smallest absolute Gasteiger partial charge is 0.261 e. The van der Waals surface area contributed by atoms with Crippen molar-refractivity contribution >= 4 is 39.3 Å². The monoisotopic (exact) mass is 365 g/mol. The minimum Gasteiger partial charge on any atom is -0.505 e. The molecule has 2 amide bonds. The molecule has 2 aromatic rings. The van der Waals surface area contributed by atoms with E-state index in [-0.39, 0.29) is 29.1 Å². The summed E-state index contributed by atoms with van der Waals surface area (Å²) in [5.74, 6) is -0.713. The van der Waals surface area contributed by atoms with Gasteiger partial charge in [0, 0.05) is 0 Å². The quantitative estimate of drug-likeness (QED) is 0.826. The van der Waals surface area contributed by atoms with Gasteiger partial charge in [-0.25, -0.2) is 0 Å². The lowest BCUT2D eigenvalue weighted by molar-refractivity contribution is 0.0642. The summed E-state index contributed by atoms with van der Waals surface area (Å²) >= 11 is 9.08. The van der Waals surface area contributed by atoms with Gasteiger partial charge in [0.05, 0.1) is 27.2 Å². The number of phenolic OH excluding ortho intramolecular Hbond substituents is 1. The Hall–Kier alpha value is -1.85. The molecule has 0 fully saturated rings. The molecule has 1 N–H and O–H groups in total. The van der Waals surface area contributed by atoms with Gasteiger partial charge in [0.2, 0.25) is 0 Å². The van der Waals surface area contributed by atoms with Crippen molar-refractivity contribution in [3.05, 3.63) is 62.6 Å². The van der Waals surface area contributed by atoms with Gasteiger partial charge in [-0.3, -0.25) is 14.5 Å². The maximum absolute atomic E-state index is 12.3. The molecule has 6 heteroatoms. The van der Waals surface area contributed by atoms with Crippen LogP contribution < -0.4 is 0 Å². The molecule has 0 aliphatic carbocycles. The lowest BCUT2D eigenvalue weighted by Crippen LogP contribution is -2.29. The fraction of sp³-hybridized carbons (Fsp3) is 0.0667. The van der Waals surface area contributed by atoms with Crippen molar-refractivity contribution in [2.75, 3.05) is 0 Å². The van der Waals surface area contributed by atoms with Gasteiger partial charge in [-0.15, -0.1) is 0 Å². The first-order valence-electron chi connectivity index (χ1n) is 6.11. The van der Waals surface area contributed by atoms with E-state index < -0.39 is 0 Å². The van der Waals surface area contributed by atoms with Gasteiger partial charge in [-0.2, -0.15) is 0 Å². The molecular formula is C15H9BrClNO3. The van der Waals surface area contributed by atoms with Crippen molar-refractivity contribution in [1.82, 2.24) is 4.90 Å². The molecule has 1 aliphatic rings. The molecule has 4 nitrogen and oxygen atoms in total. The molecular weight excluding hydrogens is 358 g/mol. The van der Waals surface area contributed by atoms with E-state index in [0.29, 0.717) is 21.2 Å². The number of carbonyl (C=O) groups is 2. The van der Waals surface area contributed by atoms with Gasteiger partial charge in [-0.1, -0.05) is 23.7 Å². The fourth-order valence-electron chi connectivity index (χ4n) is 2.27. The third-order valence-corrected chi connectivity index (χ3v) is 4.19. The molecule has 1 aliphatic heterocycles. The van der Waals surface area contributed by atoms with Crippen LogP contribution in [0.2, 0.25) is 5.02 Å². The van der Waals surface area contributed by atoms with Gasteiger partial charge >= 0.3 is 0 Å². The van der Waals surface area contributed by atoms with E-state index in [0.717, 1.165) is 0 Å². The number of hydrogen-bond donors (Lipinski definition) is 1. The molecule has 106 valence electrons. The first kappa shape index (κ1) is 14.1. The highest BCUT2D eigenvalue weighted by atomic mass is 79.9. The zero-order valence-corrected chi connectivity index (χ0v) is 13.0. The molecule has 1 heterocycles. The average Bonchev–Trinajstić information content (AvgIpc) is 2.70. The van der Waals surface area contributed by atoms with E-state index in [9.17, 15) is 14.7 Å². The highest BCUT2D eigenvalue weighted by Crippen LogP contribution is 2.34. The standard InChI is InChI=1S/C15H9BrClNO3/c16-11-5-8(6-12(17)13(11)19)7-18-14(20)9-3-1-2-4-10(9)15(18)21/h1-6,19H,7H2. The summed E-state index contributed by atoms with van der Waals surface area (Å²) in [5.41, 5.74) is 1.47. The van der Waals surface area contributed by atoms with E-state index in [1.165, 1.54) is 11.0 Å². The zero-order valence-electron chi connectivity index (χ0n) is 10.6. The van der Waals surface area contributed by atoms with Crippen LogP contribution in [-0.2, 0) is 6.54 Å². The highest BCUT2D eigenvalue weighted by Gasteiger charge is 2.35. The minimum absolute atomic E-state index is 0.0669. The van der Waals surface area contributed by atoms with Crippen molar-refractivity contribution in [2.24, 2.45) is 0 Å². The summed E-state index contributed by atoms with van der Waals surface area (Å²) in [4.78, 5) is 25.7. The van der Waals surface area contributed by atoms with Gasteiger partial charge in [-0.05, 0) is 45.8 Å². The average molecular weight is 367 g/mol. The van der Waals surface area contributed by atoms with Crippen LogP contribution in [0.15, 0.2) is 40.9 Å². The van der Waals surface area contributed by atoms with Crippen LogP contribution in [0.3, 0.4) is 0 Å². The number of imide groups is 1. The zero-order chi connectivity index (χ0) is 15.1. The Morgan fingerprint density at radius 2 is 1.67 bits per heavy atom. The number of nitrogens with zero attached hydrogens (tertiary/aromatic N) is 1. The number of carbonyl (C=O) groups excluding carboxylic acids is 2. The van der Waals surface area contributed by atoms with E-state index in [2.05, 4.69) is 15.9 Å². The summed E-state index contributed by atoms with van der Waals surface area (Å²) in [6.07, 6.45) is 0. The fourth-order valence-corrected chi connectivity index (χ4v) is 3.14. The minimum atomic E-state index is -0.323. The number of hydrogen-bond acceptors (Lipinski definition) is 3. The predicted octanol–water partition coefficient (Wildman–Crippen LogP) is 3.60. The largest absolute Gasteiger partial charge is 0.505 e. The van der Waals surface area contributed by atoms with Crippen LogP contribution in [0.1, 0.15) is 26.3 Å². The number of aromatic hydroxyl groups is 1. The lowest BCUT2D eigenvalue weighted by Gasteiger charge is -2.14. The van der Waals surface area contributed by atoms with Gasteiger partial charge in [0.15, 0.2) is 0 Å². The molecule has 0 aromatic heterocycles. The number of phenols is 1. The Labute approximate surface area is 134 Å². The third kappa shape index (κ3) is 2.32. The third-order valence-electron chi connectivity index (χ3n) is 3.30.